The Hall–Kier alpha value is -4.62. The zero-order valence-electron chi connectivity index (χ0n) is 20.4. The summed E-state index contributed by atoms with van der Waals surface area (Å²) >= 11 is 6.49. The number of nitro groups is 1. The van der Waals surface area contributed by atoms with Gasteiger partial charge >= 0.3 is 0 Å². The number of carbonyl (C=O) groups is 2. The molecule has 0 unspecified atom stereocenters. The lowest BCUT2D eigenvalue weighted by molar-refractivity contribution is -0.384. The van der Waals surface area contributed by atoms with E-state index in [-0.39, 0.29) is 23.4 Å². The van der Waals surface area contributed by atoms with E-state index < -0.39 is 22.2 Å². The maximum Gasteiger partial charge on any atom is 0.271 e. The summed E-state index contributed by atoms with van der Waals surface area (Å²) in [5, 5.41) is 11.7. The van der Waals surface area contributed by atoms with E-state index in [9.17, 15) is 19.7 Å². The molecular weight excluding hydrogens is 514 g/mol. The minimum absolute atomic E-state index is 0.0785. The predicted octanol–water partition coefficient (Wildman–Crippen LogP) is 6.20. The van der Waals surface area contributed by atoms with Crippen molar-refractivity contribution in [1.29, 1.82) is 0 Å². The van der Waals surface area contributed by atoms with Crippen molar-refractivity contribution < 1.29 is 14.5 Å². The Bertz CT molecular complexity index is 1700. The van der Waals surface area contributed by atoms with Crippen LogP contribution in [-0.2, 0) is 15.0 Å². The zero-order valence-corrected chi connectivity index (χ0v) is 21.2. The number of benzene rings is 4. The molecule has 2 amide bonds. The first-order valence-electron chi connectivity index (χ1n) is 12.5. The van der Waals surface area contributed by atoms with E-state index in [1.807, 2.05) is 48.5 Å². The van der Waals surface area contributed by atoms with Crippen LogP contribution in [0, 0.1) is 22.0 Å². The van der Waals surface area contributed by atoms with Gasteiger partial charge in [-0.1, -0.05) is 78.3 Å². The van der Waals surface area contributed by atoms with Crippen LogP contribution < -0.4 is 4.90 Å². The Morgan fingerprint density at radius 1 is 0.846 bits per heavy atom. The molecule has 39 heavy (non-hydrogen) atoms. The molecule has 4 aliphatic rings. The lowest BCUT2D eigenvalue weighted by Gasteiger charge is -2.52. The minimum atomic E-state index is -1.07. The van der Waals surface area contributed by atoms with E-state index in [1.165, 1.54) is 17.0 Å². The number of hydrogen-bond acceptors (Lipinski definition) is 5. The summed E-state index contributed by atoms with van der Waals surface area (Å²) in [6.07, 6.45) is 1.72. The number of non-ortho nitro benzene ring substituents is 1. The predicted molar refractivity (Wildman–Crippen MR) is 148 cm³/mol. The maximum atomic E-state index is 14.4. The monoisotopic (exact) mass is 533 g/mol. The molecule has 8 rings (SSSR count). The first kappa shape index (κ1) is 23.5. The number of nitro benzene ring substituents is 1. The summed E-state index contributed by atoms with van der Waals surface area (Å²) < 4.78 is 0. The largest absolute Gasteiger partial charge is 0.274 e. The molecule has 1 heterocycles. The van der Waals surface area contributed by atoms with Crippen molar-refractivity contribution in [2.45, 2.75) is 11.3 Å². The second kappa shape index (κ2) is 8.44. The van der Waals surface area contributed by atoms with E-state index in [2.05, 4.69) is 0 Å². The average molecular weight is 534 g/mol. The number of amides is 2. The van der Waals surface area contributed by atoms with Crippen molar-refractivity contribution in [1.82, 2.24) is 0 Å². The van der Waals surface area contributed by atoms with Gasteiger partial charge in [-0.15, -0.1) is 0 Å². The molecular formula is C31H20ClN3O4. The molecule has 7 nitrogen and oxygen atoms in total. The average Bonchev–Trinajstić information content (AvgIpc) is 3.23. The van der Waals surface area contributed by atoms with Gasteiger partial charge in [0, 0.05) is 24.3 Å². The van der Waals surface area contributed by atoms with Gasteiger partial charge in [0.1, 0.15) is 0 Å². The summed E-state index contributed by atoms with van der Waals surface area (Å²) in [5.41, 5.74) is 3.37. The summed E-state index contributed by atoms with van der Waals surface area (Å²) in [5.74, 6) is -2.36. The molecule has 190 valence electrons. The molecule has 8 heteroatoms. The van der Waals surface area contributed by atoms with Gasteiger partial charge in [-0.05, 0) is 40.5 Å². The van der Waals surface area contributed by atoms with Crippen LogP contribution in [0.2, 0.25) is 5.02 Å². The zero-order chi connectivity index (χ0) is 26.9. The smallest absolute Gasteiger partial charge is 0.271 e. The van der Waals surface area contributed by atoms with Crippen LogP contribution in [0.1, 0.15) is 28.2 Å². The van der Waals surface area contributed by atoms with Gasteiger partial charge in [0.05, 0.1) is 38.6 Å². The Kier molecular flexibility index (Phi) is 5.09. The van der Waals surface area contributed by atoms with Crippen molar-refractivity contribution >= 4 is 46.7 Å². The molecule has 4 aromatic rings. The van der Waals surface area contributed by atoms with Crippen LogP contribution in [-0.4, -0.2) is 23.0 Å². The molecule has 2 atom stereocenters. The van der Waals surface area contributed by atoms with E-state index in [4.69, 9.17) is 16.6 Å². The topological polar surface area (TPSA) is 92.9 Å². The highest BCUT2D eigenvalue weighted by Gasteiger charge is 2.68. The third kappa shape index (κ3) is 3.14. The van der Waals surface area contributed by atoms with Gasteiger partial charge in [-0.25, -0.2) is 4.90 Å². The van der Waals surface area contributed by atoms with Crippen LogP contribution in [0.25, 0.3) is 0 Å². The van der Waals surface area contributed by atoms with Crippen LogP contribution >= 0.6 is 11.6 Å². The van der Waals surface area contributed by atoms with Gasteiger partial charge in [-0.2, -0.15) is 0 Å². The second-order valence-electron chi connectivity index (χ2n) is 10.0. The first-order valence-corrected chi connectivity index (χ1v) is 12.9. The van der Waals surface area contributed by atoms with Gasteiger partial charge in [-0.3, -0.25) is 24.7 Å². The Morgan fingerprint density at radius 3 is 2.15 bits per heavy atom. The number of carbonyl (C=O) groups excluding carboxylic acids is 2. The molecule has 0 aromatic heterocycles. The van der Waals surface area contributed by atoms with Crippen molar-refractivity contribution in [3.63, 3.8) is 0 Å². The Labute approximate surface area is 228 Å². The van der Waals surface area contributed by atoms with Crippen LogP contribution in [0.3, 0.4) is 0 Å². The van der Waals surface area contributed by atoms with Crippen molar-refractivity contribution in [2.24, 2.45) is 16.8 Å². The molecule has 0 saturated carbocycles. The number of para-hydroxylation sites is 1. The lowest BCUT2D eigenvalue weighted by Crippen LogP contribution is -2.54. The third-order valence-corrected chi connectivity index (χ3v) is 8.55. The summed E-state index contributed by atoms with van der Waals surface area (Å²) in [6.45, 7) is 0. The standard InChI is InChI=1S/C31H20ClN3O4/c32-24-14-5-6-15-25(24)34-29(36)27-26-20-10-1-3-12-22(20)31(28(27)30(34)37,23-13-4-2-11-21(23)26)17-33-18-8-7-9-19(16-18)35(38)39/h1-17,26-28H/t26?,27-,28-,31?/m1/s1. The van der Waals surface area contributed by atoms with Crippen molar-refractivity contribution in [2.75, 3.05) is 4.90 Å². The molecule has 1 fully saturated rings. The number of halogens is 1. The third-order valence-electron chi connectivity index (χ3n) is 8.23. The van der Waals surface area contributed by atoms with Gasteiger partial charge < -0.3 is 0 Å². The lowest BCUT2D eigenvalue weighted by atomic mass is 9.47. The van der Waals surface area contributed by atoms with E-state index in [0.717, 1.165) is 22.3 Å². The fourth-order valence-electron chi connectivity index (χ4n) is 6.78. The summed E-state index contributed by atoms with van der Waals surface area (Å²) in [6, 6.07) is 28.6. The van der Waals surface area contributed by atoms with E-state index in [0.29, 0.717) is 16.4 Å². The Balaban J connectivity index is 1.50. The second-order valence-corrected chi connectivity index (χ2v) is 10.4. The van der Waals surface area contributed by atoms with Gasteiger partial charge in [0.15, 0.2) is 0 Å². The highest BCUT2D eigenvalue weighted by molar-refractivity contribution is 6.36. The number of rotatable bonds is 4. The van der Waals surface area contributed by atoms with E-state index >= 15 is 0 Å². The number of aliphatic imine (C=N–C) groups is 1. The summed E-state index contributed by atoms with van der Waals surface area (Å²) in [4.78, 5) is 45.4. The van der Waals surface area contributed by atoms with Crippen LogP contribution in [0.4, 0.5) is 17.1 Å². The fourth-order valence-corrected chi connectivity index (χ4v) is 7.00. The van der Waals surface area contributed by atoms with Crippen molar-refractivity contribution in [3.05, 3.63) is 134 Å². The van der Waals surface area contributed by atoms with Crippen LogP contribution in [0.15, 0.2) is 102 Å². The number of imide groups is 1. The molecule has 1 saturated heterocycles. The molecule has 0 radical (unpaired) electrons. The highest BCUT2D eigenvalue weighted by Crippen LogP contribution is 2.64. The maximum absolute atomic E-state index is 14.4. The number of nitrogens with zero attached hydrogens (tertiary/aromatic N) is 3. The molecule has 1 aliphatic heterocycles. The van der Waals surface area contributed by atoms with Gasteiger partial charge in [0.2, 0.25) is 11.8 Å². The quantitative estimate of drug-likeness (QED) is 0.135. The highest BCUT2D eigenvalue weighted by atomic mass is 35.5. The SMILES string of the molecule is O=C1[C@@H]2C3c4ccccc4C(C=Nc4cccc([N+](=O)[O-])c4)(c4ccccc43)[C@H]2C(=O)N1c1ccccc1Cl. The number of hydrogen-bond donors (Lipinski definition) is 0. The fraction of sp³-hybridized carbons (Fsp3) is 0.129. The molecule has 4 aromatic carbocycles. The van der Waals surface area contributed by atoms with Crippen molar-refractivity contribution in [3.8, 4) is 0 Å². The molecule has 2 bridgehead atoms. The number of anilines is 1. The Morgan fingerprint density at radius 2 is 1.49 bits per heavy atom. The molecule has 0 spiro atoms. The molecule has 3 aliphatic carbocycles. The van der Waals surface area contributed by atoms with Gasteiger partial charge in [0.25, 0.3) is 5.69 Å². The first-order chi connectivity index (χ1) is 18.9. The van der Waals surface area contributed by atoms with Crippen LogP contribution in [0.5, 0.6) is 0 Å². The van der Waals surface area contributed by atoms with E-state index in [1.54, 1.807) is 42.6 Å². The normalized spacial score (nSPS) is 24.5. The minimum Gasteiger partial charge on any atom is -0.274 e. The molecule has 0 N–H and O–H groups in total. The summed E-state index contributed by atoms with van der Waals surface area (Å²) in [7, 11) is 0.